The van der Waals surface area contributed by atoms with E-state index in [0.717, 1.165) is 56.2 Å². The summed E-state index contributed by atoms with van der Waals surface area (Å²) in [7, 11) is -4.31. The maximum absolute atomic E-state index is 13.5. The van der Waals surface area contributed by atoms with Gasteiger partial charge in [-0.05, 0) is 85.2 Å². The lowest BCUT2D eigenvalue weighted by atomic mass is 10.0. The van der Waals surface area contributed by atoms with Gasteiger partial charge in [0.15, 0.2) is 0 Å². The Morgan fingerprint density at radius 3 is 2.31 bits per heavy atom. The first kappa shape index (κ1) is 35.9. The van der Waals surface area contributed by atoms with E-state index in [1.807, 2.05) is 23.1 Å². The fraction of sp³-hybridized carbons (Fsp3) is 0.424. The maximum atomic E-state index is 13.5. The van der Waals surface area contributed by atoms with Gasteiger partial charge in [0.05, 0.1) is 19.1 Å². The minimum absolute atomic E-state index is 0.0247. The molecule has 0 spiro atoms. The van der Waals surface area contributed by atoms with E-state index in [0.29, 0.717) is 36.4 Å². The van der Waals surface area contributed by atoms with Gasteiger partial charge in [-0.2, -0.15) is 13.6 Å². The number of unbranched alkanes of at least 4 members (excludes halogenated alkanes) is 4. The van der Waals surface area contributed by atoms with Crippen molar-refractivity contribution in [2.24, 2.45) is 5.14 Å². The Morgan fingerprint density at radius 1 is 0.911 bits per heavy atom. The average molecular weight is 647 g/mol. The summed E-state index contributed by atoms with van der Waals surface area (Å²) in [5, 5.41) is 34.9. The van der Waals surface area contributed by atoms with E-state index in [-0.39, 0.29) is 31.1 Å². The van der Waals surface area contributed by atoms with Crippen LogP contribution < -0.4 is 10.0 Å². The van der Waals surface area contributed by atoms with Gasteiger partial charge in [-0.1, -0.05) is 43.2 Å². The molecule has 0 saturated carbocycles. The van der Waals surface area contributed by atoms with Crippen LogP contribution in [0, 0.1) is 5.82 Å². The Bertz CT molecular complexity index is 1450. The zero-order chi connectivity index (χ0) is 32.7. The molecule has 0 bridgehead atoms. The predicted octanol–water partition coefficient (Wildman–Crippen LogP) is 4.45. The quantitative estimate of drug-likeness (QED) is 0.130. The summed E-state index contributed by atoms with van der Waals surface area (Å²) in [4.78, 5) is 13.7. The molecule has 1 atom stereocenters. The number of rotatable bonds is 20. The molecule has 3 aromatic rings. The van der Waals surface area contributed by atoms with Crippen molar-refractivity contribution in [3.05, 3.63) is 94.8 Å². The Labute approximate surface area is 264 Å². The number of aromatic hydroxyl groups is 1. The van der Waals surface area contributed by atoms with Crippen LogP contribution in [0.25, 0.3) is 0 Å². The number of carbonyl (C=O) groups excluding carboxylic acids is 1. The van der Waals surface area contributed by atoms with Gasteiger partial charge >= 0.3 is 16.3 Å². The van der Waals surface area contributed by atoms with Crippen LogP contribution in [0.15, 0.2) is 66.7 Å². The first-order valence-electron chi connectivity index (χ1n) is 15.1. The second kappa shape index (κ2) is 18.4. The number of nitrogens with two attached hydrogens (primary N) is 1. The summed E-state index contributed by atoms with van der Waals surface area (Å²) < 4.78 is 45.3. The molecular formula is C33H43FN2O8S. The van der Waals surface area contributed by atoms with Crippen molar-refractivity contribution >= 4 is 22.0 Å². The molecule has 5 N–H and O–H groups in total. The van der Waals surface area contributed by atoms with Crippen molar-refractivity contribution in [2.45, 2.75) is 64.1 Å². The molecule has 3 aromatic carbocycles. The fourth-order valence-electron chi connectivity index (χ4n) is 4.95. The minimum Gasteiger partial charge on any atom is -0.508 e. The Morgan fingerprint density at radius 2 is 1.60 bits per heavy atom. The van der Waals surface area contributed by atoms with Crippen molar-refractivity contribution in [3.63, 3.8) is 0 Å². The molecule has 0 fully saturated rings. The average Bonchev–Trinajstić information content (AvgIpc) is 2.99. The van der Waals surface area contributed by atoms with Crippen LogP contribution in [0.5, 0.6) is 5.75 Å². The number of nitrogens with zero attached hydrogens (tertiary/aromatic N) is 1. The van der Waals surface area contributed by atoms with Crippen LogP contribution in [0.2, 0.25) is 0 Å². The molecule has 3 rings (SSSR count). The number of ether oxygens (including phenoxy) is 1. The molecule has 0 heterocycles. The van der Waals surface area contributed by atoms with Crippen molar-refractivity contribution in [1.82, 2.24) is 0 Å². The smallest absolute Gasteiger partial charge is 0.382 e. The largest absolute Gasteiger partial charge is 0.508 e. The molecule has 12 heteroatoms. The van der Waals surface area contributed by atoms with Crippen molar-refractivity contribution in [3.8, 4) is 5.75 Å². The minimum atomic E-state index is -4.31. The third-order valence-corrected chi connectivity index (χ3v) is 7.68. The number of phenols is 1. The Hall–Kier alpha value is -3.55. The van der Waals surface area contributed by atoms with E-state index in [1.54, 1.807) is 30.3 Å². The maximum Gasteiger partial charge on any atom is 0.382 e. The van der Waals surface area contributed by atoms with Gasteiger partial charge in [-0.15, -0.1) is 0 Å². The van der Waals surface area contributed by atoms with Crippen LogP contribution in [0.1, 0.15) is 66.9 Å². The van der Waals surface area contributed by atoms with Crippen LogP contribution >= 0.6 is 0 Å². The highest BCUT2D eigenvalue weighted by atomic mass is 32.2. The van der Waals surface area contributed by atoms with E-state index >= 15 is 0 Å². The molecular weight excluding hydrogens is 603 g/mol. The van der Waals surface area contributed by atoms with Crippen molar-refractivity contribution < 1.29 is 41.8 Å². The number of aliphatic hydroxyl groups is 2. The molecule has 10 nitrogen and oxygen atoms in total. The fourth-order valence-corrected chi connectivity index (χ4v) is 5.27. The van der Waals surface area contributed by atoms with Gasteiger partial charge in [0.25, 0.3) is 0 Å². The van der Waals surface area contributed by atoms with Gasteiger partial charge in [-0.3, -0.25) is 4.79 Å². The second-order valence-corrected chi connectivity index (χ2v) is 12.1. The SMILES string of the molecule is NS(=O)(=O)OC(=O)Cc1cccc(CCCCOCCCCCCN(C[C@H](O)c2ccc(O)c(CO)c2)c2ccc(F)cc2)c1. The Kier molecular flexibility index (Phi) is 14.7. The van der Waals surface area contributed by atoms with E-state index in [4.69, 9.17) is 9.88 Å². The number of benzene rings is 3. The summed E-state index contributed by atoms with van der Waals surface area (Å²) in [5.74, 6) is -1.28. The summed E-state index contributed by atoms with van der Waals surface area (Å²) in [6, 6.07) is 18.2. The molecule has 0 aliphatic rings. The number of aliphatic hydroxyl groups excluding tert-OH is 2. The highest BCUT2D eigenvalue weighted by molar-refractivity contribution is 7.84. The summed E-state index contributed by atoms with van der Waals surface area (Å²) in [5.41, 5.74) is 3.42. The lowest BCUT2D eigenvalue weighted by Crippen LogP contribution is -2.29. The summed E-state index contributed by atoms with van der Waals surface area (Å²) in [6.07, 6.45) is 5.30. The molecule has 0 radical (unpaired) electrons. The molecule has 0 unspecified atom stereocenters. The van der Waals surface area contributed by atoms with Crippen LogP contribution in [0.4, 0.5) is 10.1 Å². The number of hydrogen-bond acceptors (Lipinski definition) is 9. The lowest BCUT2D eigenvalue weighted by Gasteiger charge is -2.28. The standard InChI is InChI=1S/C33H43FN2O8S/c34-29-12-14-30(15-13-29)36(23-32(39)27-11-16-31(38)28(22-27)24-37)17-4-1-2-5-18-43-19-6-3-8-25-9-7-10-26(20-25)21-33(40)44-45(35,41)42/h7,9-16,20,22,32,37-39H,1-6,8,17-19,21,23-24H2,(H2,35,41,42)/t32-/m0/s1. The van der Waals surface area contributed by atoms with E-state index < -0.39 is 22.4 Å². The Balaban J connectivity index is 1.32. The number of hydrogen-bond donors (Lipinski definition) is 4. The topological polar surface area (TPSA) is 160 Å². The normalized spacial score (nSPS) is 12.2. The number of halogens is 1. The molecule has 0 aromatic heterocycles. The number of carbonyl (C=O) groups is 1. The molecule has 0 saturated heterocycles. The zero-order valence-corrected chi connectivity index (χ0v) is 26.1. The lowest BCUT2D eigenvalue weighted by molar-refractivity contribution is -0.133. The number of aryl methyl sites for hydroxylation is 1. The van der Waals surface area contributed by atoms with Crippen LogP contribution in [-0.2, 0) is 43.5 Å². The van der Waals surface area contributed by atoms with Gasteiger partial charge in [-0.25, -0.2) is 4.39 Å². The number of anilines is 1. The van der Waals surface area contributed by atoms with Gasteiger partial charge in [0, 0.05) is 37.6 Å². The molecule has 0 aliphatic heterocycles. The second-order valence-electron chi connectivity index (χ2n) is 10.9. The summed E-state index contributed by atoms with van der Waals surface area (Å²) in [6.45, 7) is 1.92. The molecule has 0 aliphatic carbocycles. The van der Waals surface area contributed by atoms with Gasteiger partial charge in [0.1, 0.15) is 11.6 Å². The van der Waals surface area contributed by atoms with E-state index in [2.05, 4.69) is 4.18 Å². The third-order valence-electron chi connectivity index (χ3n) is 7.26. The first-order valence-corrected chi connectivity index (χ1v) is 16.5. The van der Waals surface area contributed by atoms with Gasteiger partial charge < -0.3 is 29.1 Å². The highest BCUT2D eigenvalue weighted by Crippen LogP contribution is 2.25. The molecule has 246 valence electrons. The van der Waals surface area contributed by atoms with Crippen LogP contribution in [-0.4, -0.2) is 56.0 Å². The van der Waals surface area contributed by atoms with E-state index in [9.17, 15) is 32.9 Å². The predicted molar refractivity (Wildman–Crippen MR) is 169 cm³/mol. The molecule has 45 heavy (non-hydrogen) atoms. The van der Waals surface area contributed by atoms with E-state index in [1.165, 1.54) is 18.2 Å². The zero-order valence-electron chi connectivity index (χ0n) is 25.3. The third kappa shape index (κ3) is 13.5. The van der Waals surface area contributed by atoms with Crippen LogP contribution in [0.3, 0.4) is 0 Å². The monoisotopic (exact) mass is 646 g/mol. The first-order chi connectivity index (χ1) is 21.5. The van der Waals surface area contributed by atoms with Crippen molar-refractivity contribution in [2.75, 3.05) is 31.2 Å². The molecule has 0 amide bonds. The summed E-state index contributed by atoms with van der Waals surface area (Å²) >= 11 is 0. The highest BCUT2D eigenvalue weighted by Gasteiger charge is 2.16. The van der Waals surface area contributed by atoms with Gasteiger partial charge in [0.2, 0.25) is 0 Å². The van der Waals surface area contributed by atoms with Crippen molar-refractivity contribution in [1.29, 1.82) is 0 Å².